The van der Waals surface area contributed by atoms with E-state index < -0.39 is 0 Å². The minimum Gasteiger partial charge on any atom is -0.337 e. The second-order valence-electron chi connectivity index (χ2n) is 3.93. The topological polar surface area (TPSA) is 76.7 Å². The van der Waals surface area contributed by atoms with Crippen molar-refractivity contribution >= 4 is 24.8 Å². The number of aromatic amines is 1. The Balaban J connectivity index is 0.00000162. The molecule has 5 nitrogen and oxygen atoms in total. The highest BCUT2D eigenvalue weighted by molar-refractivity contribution is 5.85. The number of nitrogens with two attached hydrogens (primary N) is 1. The molecule has 0 amide bonds. The van der Waals surface area contributed by atoms with E-state index in [0.717, 1.165) is 37.2 Å². The van der Waals surface area contributed by atoms with Crippen LogP contribution >= 0.6 is 24.8 Å². The SMILES string of the molecule is Cl.Cl.NCCCCn1cnc(-c2ccc(=O)[nH]c2)c1. The quantitative estimate of drug-likeness (QED) is 0.827. The summed E-state index contributed by atoms with van der Waals surface area (Å²) in [7, 11) is 0. The maximum atomic E-state index is 10.9. The number of aryl methyl sites for hydroxylation is 1. The molecule has 0 aliphatic carbocycles. The third-order valence-electron chi connectivity index (χ3n) is 2.58. The molecule has 0 saturated carbocycles. The van der Waals surface area contributed by atoms with E-state index >= 15 is 0 Å². The Kier molecular flexibility index (Phi) is 8.14. The van der Waals surface area contributed by atoms with Crippen molar-refractivity contribution < 1.29 is 0 Å². The fraction of sp³-hybridized carbons (Fsp3) is 0.333. The van der Waals surface area contributed by atoms with Crippen molar-refractivity contribution in [3.63, 3.8) is 0 Å². The Morgan fingerprint density at radius 3 is 2.68 bits per heavy atom. The van der Waals surface area contributed by atoms with Crippen molar-refractivity contribution in [2.24, 2.45) is 5.73 Å². The number of nitrogens with zero attached hydrogens (tertiary/aromatic N) is 2. The highest BCUT2D eigenvalue weighted by atomic mass is 35.5. The molecule has 0 aliphatic heterocycles. The van der Waals surface area contributed by atoms with Crippen LogP contribution in [0.1, 0.15) is 12.8 Å². The average molecular weight is 305 g/mol. The average Bonchev–Trinajstić information content (AvgIpc) is 2.79. The molecule has 0 radical (unpaired) electrons. The zero-order valence-electron chi connectivity index (χ0n) is 10.4. The molecule has 0 aromatic carbocycles. The van der Waals surface area contributed by atoms with E-state index in [1.54, 1.807) is 18.6 Å². The van der Waals surface area contributed by atoms with Crippen LogP contribution in [-0.2, 0) is 6.54 Å². The molecule has 0 fully saturated rings. The van der Waals surface area contributed by atoms with Gasteiger partial charge in [0, 0.05) is 30.6 Å². The first-order valence-corrected chi connectivity index (χ1v) is 5.70. The molecule has 2 rings (SSSR count). The van der Waals surface area contributed by atoms with Gasteiger partial charge in [0.1, 0.15) is 0 Å². The molecular weight excluding hydrogens is 287 g/mol. The van der Waals surface area contributed by atoms with Crippen LogP contribution in [0.25, 0.3) is 11.3 Å². The summed E-state index contributed by atoms with van der Waals surface area (Å²) in [5.41, 5.74) is 7.13. The van der Waals surface area contributed by atoms with Gasteiger partial charge in [0.05, 0.1) is 12.0 Å². The number of H-pyrrole nitrogens is 1. The van der Waals surface area contributed by atoms with E-state index in [2.05, 4.69) is 9.97 Å². The number of hydrogen-bond acceptors (Lipinski definition) is 3. The fourth-order valence-electron chi connectivity index (χ4n) is 1.64. The van der Waals surface area contributed by atoms with Gasteiger partial charge in [0.15, 0.2) is 0 Å². The number of rotatable bonds is 5. The van der Waals surface area contributed by atoms with Crippen molar-refractivity contribution in [1.29, 1.82) is 0 Å². The summed E-state index contributed by atoms with van der Waals surface area (Å²) in [6, 6.07) is 3.27. The lowest BCUT2D eigenvalue weighted by atomic mass is 10.2. The Labute approximate surface area is 124 Å². The third kappa shape index (κ3) is 5.06. The second kappa shape index (κ2) is 8.74. The van der Waals surface area contributed by atoms with Gasteiger partial charge in [-0.15, -0.1) is 24.8 Å². The molecule has 0 unspecified atom stereocenters. The van der Waals surface area contributed by atoms with E-state index in [4.69, 9.17) is 5.73 Å². The first-order chi connectivity index (χ1) is 8.29. The summed E-state index contributed by atoms with van der Waals surface area (Å²) in [4.78, 5) is 17.9. The molecule has 0 aliphatic rings. The second-order valence-corrected chi connectivity index (χ2v) is 3.93. The van der Waals surface area contributed by atoms with Gasteiger partial charge >= 0.3 is 0 Å². The van der Waals surface area contributed by atoms with Crippen LogP contribution in [0.2, 0.25) is 0 Å². The van der Waals surface area contributed by atoms with Gasteiger partial charge < -0.3 is 15.3 Å². The molecule has 19 heavy (non-hydrogen) atoms. The highest BCUT2D eigenvalue weighted by Gasteiger charge is 2.01. The summed E-state index contributed by atoms with van der Waals surface area (Å²) in [6.45, 7) is 1.65. The van der Waals surface area contributed by atoms with E-state index in [1.165, 1.54) is 6.07 Å². The molecule has 106 valence electrons. The van der Waals surface area contributed by atoms with Gasteiger partial charge in [0.25, 0.3) is 0 Å². The number of unbranched alkanes of at least 4 members (excludes halogenated alkanes) is 1. The number of nitrogens with one attached hydrogen (secondary N) is 1. The number of hydrogen-bond donors (Lipinski definition) is 2. The van der Waals surface area contributed by atoms with Crippen LogP contribution in [0, 0.1) is 0 Å². The smallest absolute Gasteiger partial charge is 0.247 e. The van der Waals surface area contributed by atoms with Crippen molar-refractivity contribution in [3.05, 3.63) is 41.2 Å². The molecule has 0 atom stereocenters. The lowest BCUT2D eigenvalue weighted by Crippen LogP contribution is -2.02. The standard InChI is InChI=1S/C12H16N4O.2ClH/c13-5-1-2-6-16-8-11(15-9-16)10-3-4-12(17)14-7-10;;/h3-4,7-9H,1-2,5-6,13H2,(H,14,17);2*1H. The number of pyridine rings is 1. The van der Waals surface area contributed by atoms with Crippen LogP contribution in [-0.4, -0.2) is 21.1 Å². The summed E-state index contributed by atoms with van der Waals surface area (Å²) in [6.07, 6.45) is 7.53. The Bertz CT molecular complexity index is 518. The maximum Gasteiger partial charge on any atom is 0.247 e. The monoisotopic (exact) mass is 304 g/mol. The predicted molar refractivity (Wildman–Crippen MR) is 81.1 cm³/mol. The van der Waals surface area contributed by atoms with E-state index in [9.17, 15) is 4.79 Å². The van der Waals surface area contributed by atoms with Crippen LogP contribution in [0.4, 0.5) is 0 Å². The van der Waals surface area contributed by atoms with Gasteiger partial charge in [-0.25, -0.2) is 4.98 Å². The van der Waals surface area contributed by atoms with E-state index in [-0.39, 0.29) is 30.4 Å². The Morgan fingerprint density at radius 2 is 2.05 bits per heavy atom. The maximum absolute atomic E-state index is 10.9. The molecule has 0 saturated heterocycles. The van der Waals surface area contributed by atoms with Crippen molar-refractivity contribution in [2.75, 3.05) is 6.54 Å². The highest BCUT2D eigenvalue weighted by Crippen LogP contribution is 2.14. The van der Waals surface area contributed by atoms with Crippen molar-refractivity contribution in [1.82, 2.24) is 14.5 Å². The first-order valence-electron chi connectivity index (χ1n) is 5.70. The van der Waals surface area contributed by atoms with Gasteiger partial charge in [-0.05, 0) is 25.5 Å². The predicted octanol–water partition coefficient (Wildman–Crippen LogP) is 1.82. The van der Waals surface area contributed by atoms with E-state index in [0.29, 0.717) is 0 Å². The summed E-state index contributed by atoms with van der Waals surface area (Å²) < 4.78 is 2.04. The van der Waals surface area contributed by atoms with Gasteiger partial charge in [-0.3, -0.25) is 4.79 Å². The molecule has 2 aromatic rings. The normalized spacial score (nSPS) is 9.53. The molecule has 2 heterocycles. The van der Waals surface area contributed by atoms with Crippen LogP contribution < -0.4 is 11.3 Å². The number of aromatic nitrogens is 3. The Morgan fingerprint density at radius 1 is 1.26 bits per heavy atom. The van der Waals surface area contributed by atoms with Gasteiger partial charge in [-0.2, -0.15) is 0 Å². The van der Waals surface area contributed by atoms with Crippen LogP contribution in [0.3, 0.4) is 0 Å². The molecule has 2 aromatic heterocycles. The zero-order valence-corrected chi connectivity index (χ0v) is 12.0. The number of imidazole rings is 1. The molecule has 7 heteroatoms. The van der Waals surface area contributed by atoms with Gasteiger partial charge in [0.2, 0.25) is 5.56 Å². The minimum atomic E-state index is -0.101. The molecular formula is C12H18Cl2N4O. The summed E-state index contributed by atoms with van der Waals surface area (Å²) >= 11 is 0. The summed E-state index contributed by atoms with van der Waals surface area (Å²) in [5, 5.41) is 0. The van der Waals surface area contributed by atoms with Crippen molar-refractivity contribution in [2.45, 2.75) is 19.4 Å². The largest absolute Gasteiger partial charge is 0.337 e. The number of halogens is 2. The molecule has 3 N–H and O–H groups in total. The van der Waals surface area contributed by atoms with Gasteiger partial charge in [-0.1, -0.05) is 0 Å². The lowest BCUT2D eigenvalue weighted by Gasteiger charge is -1.99. The third-order valence-corrected chi connectivity index (χ3v) is 2.58. The zero-order chi connectivity index (χ0) is 12.1. The minimum absolute atomic E-state index is 0. The molecule has 0 spiro atoms. The van der Waals surface area contributed by atoms with Crippen LogP contribution in [0.15, 0.2) is 35.6 Å². The summed E-state index contributed by atoms with van der Waals surface area (Å²) in [5.74, 6) is 0. The van der Waals surface area contributed by atoms with Crippen molar-refractivity contribution in [3.8, 4) is 11.3 Å². The Hall–Kier alpha value is -1.30. The van der Waals surface area contributed by atoms with E-state index in [1.807, 2.05) is 10.8 Å². The first kappa shape index (κ1) is 17.7. The lowest BCUT2D eigenvalue weighted by molar-refractivity contribution is 0.614. The fourth-order valence-corrected chi connectivity index (χ4v) is 1.64. The van der Waals surface area contributed by atoms with Crippen LogP contribution in [0.5, 0.6) is 0 Å². The molecule has 0 bridgehead atoms.